The van der Waals surface area contributed by atoms with E-state index in [2.05, 4.69) is 5.10 Å². The molecule has 4 rings (SSSR count). The van der Waals surface area contributed by atoms with Gasteiger partial charge in [0.1, 0.15) is 0 Å². The van der Waals surface area contributed by atoms with Gasteiger partial charge in [-0.05, 0) is 61.9 Å². The summed E-state index contributed by atoms with van der Waals surface area (Å²) in [5.41, 5.74) is 4.38. The molecule has 3 aromatic rings. The van der Waals surface area contributed by atoms with Crippen molar-refractivity contribution in [2.24, 2.45) is 7.05 Å². The molecule has 0 amide bonds. The molecule has 1 aliphatic rings. The van der Waals surface area contributed by atoms with Crippen molar-refractivity contribution in [3.05, 3.63) is 75.6 Å². The summed E-state index contributed by atoms with van der Waals surface area (Å²) >= 11 is 0. The molecule has 0 aliphatic heterocycles. The molecule has 0 N–H and O–H groups in total. The fraction of sp³-hybridized carbons (Fsp3) is 0.304. The summed E-state index contributed by atoms with van der Waals surface area (Å²) in [4.78, 5) is 12.8. The molecule has 0 bridgehead atoms. The second kappa shape index (κ2) is 7.72. The molecule has 7 heteroatoms. The van der Waals surface area contributed by atoms with Gasteiger partial charge in [-0.2, -0.15) is 5.10 Å². The number of nitrogens with zero attached hydrogens (tertiary/aromatic N) is 3. The minimum Gasteiger partial charge on any atom is -0.269 e. The maximum absolute atomic E-state index is 13.4. The van der Waals surface area contributed by atoms with Gasteiger partial charge < -0.3 is 0 Å². The third kappa shape index (κ3) is 3.43. The van der Waals surface area contributed by atoms with Crippen LogP contribution < -0.4 is 9.86 Å². The minimum absolute atomic E-state index is 0.0581. The molecule has 0 saturated heterocycles. The number of hydrogen-bond acceptors (Lipinski definition) is 4. The van der Waals surface area contributed by atoms with E-state index in [0.29, 0.717) is 16.9 Å². The zero-order valence-corrected chi connectivity index (χ0v) is 18.2. The molecule has 1 aromatic heterocycles. The standard InChI is InChI=1S/C23H25N3O3S/c1-16-13-14-17(22-19-11-7-8-12-20(19)23(27)25(2)24-22)15-21(16)30(28,29)26(3)18-9-5-4-6-10-18/h4-6,9-10,13-15H,7-8,11-12H2,1-3H3. The summed E-state index contributed by atoms with van der Waals surface area (Å²) in [7, 11) is -0.549. The lowest BCUT2D eigenvalue weighted by molar-refractivity contribution is 0.593. The quantitative estimate of drug-likeness (QED) is 0.644. The van der Waals surface area contributed by atoms with Crippen LogP contribution in [-0.2, 0) is 29.9 Å². The highest BCUT2D eigenvalue weighted by Crippen LogP contribution is 2.32. The molecule has 0 atom stereocenters. The van der Waals surface area contributed by atoms with Crippen LogP contribution in [0.25, 0.3) is 11.3 Å². The summed E-state index contributed by atoms with van der Waals surface area (Å²) < 4.78 is 29.5. The number of sulfonamides is 1. The normalized spacial score (nSPS) is 13.7. The number of hydrogen-bond donors (Lipinski definition) is 0. The Bertz CT molecular complexity index is 1260. The van der Waals surface area contributed by atoms with E-state index in [1.165, 1.54) is 8.99 Å². The molecular weight excluding hydrogens is 398 g/mol. The van der Waals surface area contributed by atoms with Crippen molar-refractivity contribution in [3.8, 4) is 11.3 Å². The van der Waals surface area contributed by atoms with Gasteiger partial charge in [0.25, 0.3) is 15.6 Å². The number of benzene rings is 2. The molecule has 0 unspecified atom stereocenters. The van der Waals surface area contributed by atoms with Gasteiger partial charge in [-0.15, -0.1) is 0 Å². The first-order valence-electron chi connectivity index (χ1n) is 10.0. The molecule has 0 radical (unpaired) electrons. The van der Waals surface area contributed by atoms with Gasteiger partial charge in [0.15, 0.2) is 0 Å². The number of anilines is 1. The highest BCUT2D eigenvalue weighted by molar-refractivity contribution is 7.92. The molecule has 0 saturated carbocycles. The largest absolute Gasteiger partial charge is 0.269 e. The van der Waals surface area contributed by atoms with Crippen molar-refractivity contribution < 1.29 is 8.42 Å². The Morgan fingerprint density at radius 2 is 1.67 bits per heavy atom. The van der Waals surface area contributed by atoms with Crippen molar-refractivity contribution in [1.29, 1.82) is 0 Å². The van der Waals surface area contributed by atoms with Gasteiger partial charge in [-0.1, -0.05) is 30.3 Å². The highest BCUT2D eigenvalue weighted by atomic mass is 32.2. The van der Waals surface area contributed by atoms with Gasteiger partial charge in [-0.25, -0.2) is 13.1 Å². The van der Waals surface area contributed by atoms with Crippen LogP contribution >= 0.6 is 0 Å². The van der Waals surface area contributed by atoms with E-state index >= 15 is 0 Å². The lowest BCUT2D eigenvalue weighted by Gasteiger charge is -2.22. The zero-order valence-electron chi connectivity index (χ0n) is 17.4. The topological polar surface area (TPSA) is 72.3 Å². The first-order chi connectivity index (χ1) is 14.3. The van der Waals surface area contributed by atoms with Gasteiger partial charge >= 0.3 is 0 Å². The fourth-order valence-electron chi connectivity index (χ4n) is 4.04. The number of para-hydroxylation sites is 1. The number of aromatic nitrogens is 2. The maximum atomic E-state index is 13.4. The predicted molar refractivity (Wildman–Crippen MR) is 118 cm³/mol. The molecule has 30 heavy (non-hydrogen) atoms. The minimum atomic E-state index is -3.76. The van der Waals surface area contributed by atoms with Gasteiger partial charge in [-0.3, -0.25) is 9.10 Å². The average molecular weight is 424 g/mol. The summed E-state index contributed by atoms with van der Waals surface area (Å²) in [6.07, 6.45) is 3.52. The Labute approximate surface area is 176 Å². The Morgan fingerprint density at radius 3 is 2.37 bits per heavy atom. The third-order valence-corrected chi connectivity index (χ3v) is 7.70. The first kappa shape index (κ1) is 20.3. The van der Waals surface area contributed by atoms with E-state index in [1.54, 1.807) is 39.2 Å². The number of fused-ring (bicyclic) bond motifs is 1. The van der Waals surface area contributed by atoms with Crippen molar-refractivity contribution >= 4 is 15.7 Å². The number of aryl methyl sites for hydroxylation is 2. The summed E-state index contributed by atoms with van der Waals surface area (Å²) in [6, 6.07) is 14.4. The van der Waals surface area contributed by atoms with Crippen molar-refractivity contribution in [1.82, 2.24) is 9.78 Å². The molecule has 1 aliphatic carbocycles. The van der Waals surface area contributed by atoms with E-state index in [4.69, 9.17) is 0 Å². The lowest BCUT2D eigenvalue weighted by atomic mass is 9.89. The zero-order chi connectivity index (χ0) is 21.5. The van der Waals surface area contributed by atoms with Crippen LogP contribution in [0.1, 0.15) is 29.5 Å². The third-order valence-electron chi connectivity index (χ3n) is 5.78. The first-order valence-corrected chi connectivity index (χ1v) is 11.5. The summed E-state index contributed by atoms with van der Waals surface area (Å²) in [6.45, 7) is 1.79. The van der Waals surface area contributed by atoms with Crippen LogP contribution in [0, 0.1) is 6.92 Å². The van der Waals surface area contributed by atoms with Crippen molar-refractivity contribution in [3.63, 3.8) is 0 Å². The second-order valence-electron chi connectivity index (χ2n) is 7.73. The molecule has 156 valence electrons. The second-order valence-corrected chi connectivity index (χ2v) is 9.67. The van der Waals surface area contributed by atoms with E-state index in [0.717, 1.165) is 42.4 Å². The Morgan fingerprint density at radius 1 is 1.00 bits per heavy atom. The molecule has 2 aromatic carbocycles. The van der Waals surface area contributed by atoms with Crippen LogP contribution in [0.15, 0.2) is 58.2 Å². The fourth-order valence-corrected chi connectivity index (χ4v) is 5.48. The van der Waals surface area contributed by atoms with Crippen LogP contribution in [-0.4, -0.2) is 25.2 Å². The number of rotatable bonds is 4. The van der Waals surface area contributed by atoms with E-state index in [9.17, 15) is 13.2 Å². The SMILES string of the molecule is Cc1ccc(-c2nn(C)c(=O)c3c2CCCC3)cc1S(=O)(=O)N(C)c1ccccc1. The summed E-state index contributed by atoms with van der Waals surface area (Å²) in [5, 5.41) is 4.51. The van der Waals surface area contributed by atoms with Crippen LogP contribution in [0.2, 0.25) is 0 Å². The Hall–Kier alpha value is -2.93. The van der Waals surface area contributed by atoms with Crippen molar-refractivity contribution in [2.75, 3.05) is 11.4 Å². The average Bonchev–Trinajstić information content (AvgIpc) is 2.76. The van der Waals surface area contributed by atoms with Crippen molar-refractivity contribution in [2.45, 2.75) is 37.5 Å². The van der Waals surface area contributed by atoms with Crippen LogP contribution in [0.5, 0.6) is 0 Å². The van der Waals surface area contributed by atoms with Gasteiger partial charge in [0.2, 0.25) is 0 Å². The Balaban J connectivity index is 1.86. The van der Waals surface area contributed by atoms with E-state index in [-0.39, 0.29) is 10.5 Å². The monoisotopic (exact) mass is 423 g/mol. The van der Waals surface area contributed by atoms with E-state index < -0.39 is 10.0 Å². The lowest BCUT2D eigenvalue weighted by Crippen LogP contribution is -2.28. The Kier molecular flexibility index (Phi) is 5.24. The highest BCUT2D eigenvalue weighted by Gasteiger charge is 2.26. The predicted octanol–water partition coefficient (Wildman–Crippen LogP) is 3.46. The van der Waals surface area contributed by atoms with Crippen LogP contribution in [0.4, 0.5) is 5.69 Å². The smallest absolute Gasteiger partial charge is 0.269 e. The maximum Gasteiger partial charge on any atom is 0.269 e. The van der Waals surface area contributed by atoms with Gasteiger partial charge in [0, 0.05) is 25.2 Å². The summed E-state index contributed by atoms with van der Waals surface area (Å²) in [5.74, 6) is 0. The van der Waals surface area contributed by atoms with Crippen LogP contribution in [0.3, 0.4) is 0 Å². The molecular formula is C23H25N3O3S. The van der Waals surface area contributed by atoms with E-state index in [1.807, 2.05) is 30.3 Å². The van der Waals surface area contributed by atoms with Gasteiger partial charge in [0.05, 0.1) is 16.3 Å². The molecule has 0 spiro atoms. The molecule has 0 fully saturated rings. The molecule has 6 nitrogen and oxygen atoms in total. The molecule has 1 heterocycles.